The second-order valence-electron chi connectivity index (χ2n) is 5.42. The van der Waals surface area contributed by atoms with Crippen molar-refractivity contribution < 1.29 is 0 Å². The van der Waals surface area contributed by atoms with Gasteiger partial charge in [0.1, 0.15) is 0 Å². The third kappa shape index (κ3) is 2.63. The Hall–Kier alpha value is -1.02. The number of nitrogens with zero attached hydrogens (tertiary/aromatic N) is 1. The normalized spacial score (nSPS) is 25.1. The van der Waals surface area contributed by atoms with Gasteiger partial charge in [-0.05, 0) is 44.0 Å². The van der Waals surface area contributed by atoms with Crippen molar-refractivity contribution in [2.75, 3.05) is 25.0 Å². The highest BCUT2D eigenvalue weighted by Gasteiger charge is 2.22. The Labute approximate surface area is 104 Å². The molecule has 0 bridgehead atoms. The van der Waals surface area contributed by atoms with Crippen molar-refractivity contribution in [1.82, 2.24) is 4.90 Å². The maximum Gasteiger partial charge on any atom is 0.0429 e. The summed E-state index contributed by atoms with van der Waals surface area (Å²) < 4.78 is 0. The minimum Gasteiger partial charge on any atom is -0.380 e. The highest BCUT2D eigenvalue weighted by atomic mass is 15.2. The molecule has 0 saturated carbocycles. The molecule has 1 aromatic carbocycles. The fourth-order valence-electron chi connectivity index (χ4n) is 3.12. The molecule has 0 amide bonds. The van der Waals surface area contributed by atoms with E-state index in [1.165, 1.54) is 63.0 Å². The molecule has 3 rings (SSSR count). The topological polar surface area (TPSA) is 15.3 Å². The largest absolute Gasteiger partial charge is 0.380 e. The first-order valence-corrected chi connectivity index (χ1v) is 6.98. The molecule has 0 aliphatic carbocycles. The van der Waals surface area contributed by atoms with Crippen LogP contribution in [0.2, 0.25) is 0 Å². The van der Waals surface area contributed by atoms with E-state index in [0.717, 1.165) is 0 Å². The Morgan fingerprint density at radius 2 is 1.82 bits per heavy atom. The zero-order chi connectivity index (χ0) is 11.5. The van der Waals surface area contributed by atoms with Crippen LogP contribution in [0.4, 0.5) is 5.69 Å². The van der Waals surface area contributed by atoms with Gasteiger partial charge in [0.05, 0.1) is 0 Å². The second-order valence-corrected chi connectivity index (χ2v) is 5.42. The average Bonchev–Trinajstić information content (AvgIpc) is 2.57. The minimum absolute atomic E-state index is 0.630. The van der Waals surface area contributed by atoms with Crippen molar-refractivity contribution in [1.29, 1.82) is 0 Å². The van der Waals surface area contributed by atoms with Crippen molar-refractivity contribution in [2.24, 2.45) is 0 Å². The van der Waals surface area contributed by atoms with Gasteiger partial charge < -0.3 is 10.2 Å². The van der Waals surface area contributed by atoms with Gasteiger partial charge >= 0.3 is 0 Å². The smallest absolute Gasteiger partial charge is 0.0429 e. The number of rotatable bonds is 2. The Kier molecular flexibility index (Phi) is 3.32. The molecule has 0 aromatic heterocycles. The summed E-state index contributed by atoms with van der Waals surface area (Å²) in [5, 5.41) is 3.66. The molecule has 2 aliphatic heterocycles. The lowest BCUT2D eigenvalue weighted by molar-refractivity contribution is 0.274. The molecular weight excluding hydrogens is 208 g/mol. The Morgan fingerprint density at radius 1 is 1.06 bits per heavy atom. The maximum atomic E-state index is 3.66. The molecule has 2 nitrogen and oxygen atoms in total. The molecule has 0 spiro atoms. The lowest BCUT2D eigenvalue weighted by Gasteiger charge is -2.23. The van der Waals surface area contributed by atoms with E-state index >= 15 is 0 Å². The quantitative estimate of drug-likeness (QED) is 0.840. The van der Waals surface area contributed by atoms with Gasteiger partial charge in [-0.15, -0.1) is 0 Å². The summed E-state index contributed by atoms with van der Waals surface area (Å²) in [6.07, 6.45) is 6.83. The monoisotopic (exact) mass is 230 g/mol. The number of nitrogens with one attached hydrogen (secondary N) is 1. The number of hydrogen-bond acceptors (Lipinski definition) is 2. The van der Waals surface area contributed by atoms with Gasteiger partial charge in [-0.2, -0.15) is 0 Å². The van der Waals surface area contributed by atoms with Crippen LogP contribution in [0, 0.1) is 0 Å². The first kappa shape index (κ1) is 11.1. The molecule has 1 atom stereocenters. The number of anilines is 1. The zero-order valence-electron chi connectivity index (χ0n) is 10.5. The van der Waals surface area contributed by atoms with E-state index in [2.05, 4.69) is 34.5 Å². The lowest BCUT2D eigenvalue weighted by atomic mass is 10.1. The van der Waals surface area contributed by atoms with E-state index in [9.17, 15) is 0 Å². The summed E-state index contributed by atoms with van der Waals surface area (Å²) in [5.74, 6) is 0. The van der Waals surface area contributed by atoms with Gasteiger partial charge in [0.2, 0.25) is 0 Å². The molecular formula is C15H22N2. The number of fused-ring (bicyclic) bond motifs is 1. The van der Waals surface area contributed by atoms with Crippen molar-refractivity contribution in [3.63, 3.8) is 0 Å². The first-order valence-electron chi connectivity index (χ1n) is 6.98. The van der Waals surface area contributed by atoms with Gasteiger partial charge in [-0.25, -0.2) is 0 Å². The average molecular weight is 230 g/mol. The predicted octanol–water partition coefficient (Wildman–Crippen LogP) is 2.90. The number of likely N-dealkylation sites (tertiary alicyclic amines) is 1. The van der Waals surface area contributed by atoms with Gasteiger partial charge in [-0.1, -0.05) is 31.0 Å². The van der Waals surface area contributed by atoms with E-state index in [-0.39, 0.29) is 0 Å². The van der Waals surface area contributed by atoms with Crippen LogP contribution in [-0.2, 0) is 6.42 Å². The molecule has 1 fully saturated rings. The second kappa shape index (κ2) is 5.09. The standard InChI is InChI=1S/C15H22N2/c1-2-6-10-17(9-5-1)12-14-11-13-7-3-4-8-15(13)16-14/h3-4,7-8,14,16H,1-2,5-6,9-12H2/t14-/m0/s1. The summed E-state index contributed by atoms with van der Waals surface area (Å²) in [6, 6.07) is 9.36. The van der Waals surface area contributed by atoms with Crippen molar-refractivity contribution in [3.05, 3.63) is 29.8 Å². The van der Waals surface area contributed by atoms with E-state index < -0.39 is 0 Å². The predicted molar refractivity (Wildman–Crippen MR) is 72.5 cm³/mol. The van der Waals surface area contributed by atoms with E-state index in [1.54, 1.807) is 0 Å². The molecule has 2 heterocycles. The van der Waals surface area contributed by atoms with E-state index in [0.29, 0.717) is 6.04 Å². The third-order valence-corrected chi connectivity index (χ3v) is 4.02. The van der Waals surface area contributed by atoms with Crippen molar-refractivity contribution >= 4 is 5.69 Å². The molecule has 1 N–H and O–H groups in total. The molecule has 92 valence electrons. The van der Waals surface area contributed by atoms with Gasteiger partial charge in [0.25, 0.3) is 0 Å². The van der Waals surface area contributed by atoms with Crippen molar-refractivity contribution in [2.45, 2.75) is 38.1 Å². The van der Waals surface area contributed by atoms with Crippen LogP contribution >= 0.6 is 0 Å². The lowest BCUT2D eigenvalue weighted by Crippen LogP contribution is -2.36. The minimum atomic E-state index is 0.630. The van der Waals surface area contributed by atoms with Crippen LogP contribution in [0.25, 0.3) is 0 Å². The number of para-hydroxylation sites is 1. The highest BCUT2D eigenvalue weighted by molar-refractivity contribution is 5.56. The molecule has 2 aliphatic rings. The maximum absolute atomic E-state index is 3.66. The Balaban J connectivity index is 1.57. The van der Waals surface area contributed by atoms with Crippen LogP contribution in [-0.4, -0.2) is 30.6 Å². The van der Waals surface area contributed by atoms with Crippen molar-refractivity contribution in [3.8, 4) is 0 Å². The van der Waals surface area contributed by atoms with E-state index in [4.69, 9.17) is 0 Å². The van der Waals surface area contributed by atoms with Gasteiger partial charge in [0, 0.05) is 18.3 Å². The first-order chi connectivity index (χ1) is 8.42. The van der Waals surface area contributed by atoms with Gasteiger partial charge in [0.15, 0.2) is 0 Å². The Bertz CT molecular complexity index is 342. The van der Waals surface area contributed by atoms with Crippen LogP contribution in [0.15, 0.2) is 24.3 Å². The van der Waals surface area contributed by atoms with Gasteiger partial charge in [-0.3, -0.25) is 0 Å². The van der Waals surface area contributed by atoms with E-state index in [1.807, 2.05) is 0 Å². The SMILES string of the molecule is c1ccc2c(c1)C[C@@H](CN1CCCCCC1)N2. The fraction of sp³-hybridized carbons (Fsp3) is 0.600. The van der Waals surface area contributed by atoms with Crippen LogP contribution < -0.4 is 5.32 Å². The summed E-state index contributed by atoms with van der Waals surface area (Å²) in [7, 11) is 0. The summed E-state index contributed by atoms with van der Waals surface area (Å²) in [4.78, 5) is 2.65. The molecule has 2 heteroatoms. The Morgan fingerprint density at radius 3 is 2.59 bits per heavy atom. The van der Waals surface area contributed by atoms with Crippen LogP contribution in [0.3, 0.4) is 0 Å². The molecule has 17 heavy (non-hydrogen) atoms. The summed E-state index contributed by atoms with van der Waals surface area (Å²) >= 11 is 0. The highest BCUT2D eigenvalue weighted by Crippen LogP contribution is 2.25. The molecule has 0 unspecified atom stereocenters. The molecule has 1 saturated heterocycles. The van der Waals surface area contributed by atoms with Crippen LogP contribution in [0.5, 0.6) is 0 Å². The fourth-order valence-corrected chi connectivity index (χ4v) is 3.12. The third-order valence-electron chi connectivity index (χ3n) is 4.02. The zero-order valence-corrected chi connectivity index (χ0v) is 10.5. The number of benzene rings is 1. The van der Waals surface area contributed by atoms with Crippen LogP contribution in [0.1, 0.15) is 31.2 Å². The summed E-state index contributed by atoms with van der Waals surface area (Å²) in [5.41, 5.74) is 2.85. The summed E-state index contributed by atoms with van der Waals surface area (Å²) in [6.45, 7) is 3.82. The number of hydrogen-bond donors (Lipinski definition) is 1. The molecule has 1 aromatic rings. The molecule has 0 radical (unpaired) electrons.